The number of hydrogen-bond donors (Lipinski definition) is 2. The van der Waals surface area contributed by atoms with Crippen LogP contribution >= 0.6 is 0 Å². The number of carboxylic acid groups (broad SMARTS) is 1. The highest BCUT2D eigenvalue weighted by Gasteiger charge is 2.19. The van der Waals surface area contributed by atoms with Gasteiger partial charge in [0.25, 0.3) is 11.1 Å². The van der Waals surface area contributed by atoms with Crippen molar-refractivity contribution in [3.63, 3.8) is 0 Å². The van der Waals surface area contributed by atoms with Gasteiger partial charge in [-0.05, 0) is 17.6 Å². The van der Waals surface area contributed by atoms with Gasteiger partial charge < -0.3 is 5.11 Å². The van der Waals surface area contributed by atoms with Gasteiger partial charge in [0.15, 0.2) is 5.69 Å². The summed E-state index contributed by atoms with van der Waals surface area (Å²) in [7, 11) is 0. The Morgan fingerprint density at radius 1 is 1.60 bits per heavy atom. The van der Waals surface area contributed by atoms with Gasteiger partial charge in [0.1, 0.15) is 0 Å². The Morgan fingerprint density at radius 2 is 2.27 bits per heavy atom. The lowest BCUT2D eigenvalue weighted by Crippen LogP contribution is -2.00. The molecule has 15 heavy (non-hydrogen) atoms. The number of hydrogen-bond acceptors (Lipinski definition) is 5. The van der Waals surface area contributed by atoms with Crippen molar-refractivity contribution in [2.45, 2.75) is 0 Å². The van der Waals surface area contributed by atoms with Crippen molar-refractivity contribution < 1.29 is 14.8 Å². The largest absolute Gasteiger partial charge is 0.478 e. The number of rotatable bonds is 3. The number of aromatic carboxylic acids is 1. The molecule has 0 amide bonds. The molecule has 8 heteroatoms. The average molecular weight is 209 g/mol. The topological polar surface area (TPSA) is 121 Å². The van der Waals surface area contributed by atoms with Gasteiger partial charge >= 0.3 is 11.1 Å². The highest BCUT2D eigenvalue weighted by atomic mass is 16.6. The van der Waals surface area contributed by atoms with Crippen molar-refractivity contribution in [3.05, 3.63) is 39.0 Å². The maximum atomic E-state index is 10.5. The zero-order valence-electron chi connectivity index (χ0n) is 7.25. The van der Waals surface area contributed by atoms with E-state index in [4.69, 9.17) is 10.5 Å². The van der Waals surface area contributed by atoms with Crippen LogP contribution < -0.4 is 5.43 Å². The third kappa shape index (κ3) is 2.16. The molecule has 0 aliphatic rings. The predicted octanol–water partition coefficient (Wildman–Crippen LogP) is 1.47. The van der Waals surface area contributed by atoms with Crippen molar-refractivity contribution in [1.29, 1.82) is 5.39 Å². The molecule has 0 heterocycles. The van der Waals surface area contributed by atoms with Crippen LogP contribution in [0.3, 0.4) is 0 Å². The first-order valence-corrected chi connectivity index (χ1v) is 3.68. The molecule has 0 aromatic heterocycles. The van der Waals surface area contributed by atoms with E-state index in [0.717, 1.165) is 18.2 Å². The van der Waals surface area contributed by atoms with E-state index >= 15 is 0 Å². The van der Waals surface area contributed by atoms with E-state index in [1.165, 1.54) is 0 Å². The van der Waals surface area contributed by atoms with Crippen molar-refractivity contribution in [2.75, 3.05) is 5.43 Å². The summed E-state index contributed by atoms with van der Waals surface area (Å²) in [5.41, 5.74) is 1.18. The summed E-state index contributed by atoms with van der Waals surface area (Å²) in [4.78, 5) is 20.3. The summed E-state index contributed by atoms with van der Waals surface area (Å²) in [6, 6.07) is 3.17. The van der Waals surface area contributed by atoms with Crippen LogP contribution in [0.15, 0.2) is 18.2 Å². The molecule has 1 aromatic carbocycles. The van der Waals surface area contributed by atoms with Crippen LogP contribution in [0.25, 0.3) is 5.08 Å². The summed E-state index contributed by atoms with van der Waals surface area (Å²) in [6.07, 6.45) is 0. The SMILES string of the molecule is N#[N+]Nc1ccc(C(=O)O)cc1[N+](=O)[O-]. The Hall–Kier alpha value is -2.69. The van der Waals surface area contributed by atoms with Crippen LogP contribution in [0.4, 0.5) is 11.4 Å². The number of benzene rings is 1. The third-order valence-electron chi connectivity index (χ3n) is 1.61. The molecular weight excluding hydrogens is 204 g/mol. The number of carboxylic acids is 1. The number of diazo groups is 1. The lowest BCUT2D eigenvalue weighted by molar-refractivity contribution is -0.384. The Balaban J connectivity index is 3.28. The second-order valence-electron chi connectivity index (χ2n) is 2.51. The quantitative estimate of drug-likeness (QED) is 0.441. The Kier molecular flexibility index (Phi) is 2.78. The number of carbonyl (C=O) groups is 1. The minimum atomic E-state index is -1.27. The fourth-order valence-corrected chi connectivity index (χ4v) is 0.964. The van der Waals surface area contributed by atoms with E-state index in [0.29, 0.717) is 0 Å². The van der Waals surface area contributed by atoms with E-state index in [-0.39, 0.29) is 11.3 Å². The van der Waals surface area contributed by atoms with Crippen LogP contribution in [-0.2, 0) is 0 Å². The van der Waals surface area contributed by atoms with Gasteiger partial charge in [0.2, 0.25) is 0 Å². The monoisotopic (exact) mass is 209 g/mol. The molecule has 0 aliphatic carbocycles. The molecule has 0 saturated carbocycles. The fourth-order valence-electron chi connectivity index (χ4n) is 0.964. The molecule has 1 aromatic rings. The van der Waals surface area contributed by atoms with Crippen molar-refractivity contribution in [2.24, 2.45) is 0 Å². The number of anilines is 1. The van der Waals surface area contributed by atoms with Gasteiger partial charge in [0, 0.05) is 6.07 Å². The second kappa shape index (κ2) is 4.01. The van der Waals surface area contributed by atoms with Crippen molar-refractivity contribution in [3.8, 4) is 0 Å². The van der Waals surface area contributed by atoms with Crippen molar-refractivity contribution in [1.82, 2.24) is 0 Å². The van der Waals surface area contributed by atoms with Crippen LogP contribution in [0.5, 0.6) is 0 Å². The molecule has 0 saturated heterocycles. The number of nitrogens with zero attached hydrogens (tertiary/aromatic N) is 3. The third-order valence-corrected chi connectivity index (χ3v) is 1.61. The minimum absolute atomic E-state index is 0.0903. The van der Waals surface area contributed by atoms with E-state index < -0.39 is 16.6 Å². The lowest BCUT2D eigenvalue weighted by Gasteiger charge is -1.96. The van der Waals surface area contributed by atoms with Crippen LogP contribution in [0.1, 0.15) is 10.4 Å². The zero-order valence-corrected chi connectivity index (χ0v) is 7.25. The standard InChI is InChI=1S/C7H4N4O4/c8-10-9-5-2-1-4(7(12)13)3-6(5)11(14)15/h1-3,9H/p+1. The van der Waals surface area contributed by atoms with Crippen molar-refractivity contribution >= 4 is 17.3 Å². The molecule has 1 rings (SSSR count). The smallest absolute Gasteiger partial charge is 0.335 e. The molecular formula is C7H5N4O4+. The maximum Gasteiger partial charge on any atom is 0.335 e. The molecule has 0 spiro atoms. The minimum Gasteiger partial charge on any atom is -0.478 e. The van der Waals surface area contributed by atoms with Gasteiger partial charge in [-0.3, -0.25) is 10.1 Å². The Bertz CT molecular complexity index is 465. The first-order chi connectivity index (χ1) is 7.06. The number of nitro benzene ring substituents is 1. The highest BCUT2D eigenvalue weighted by Crippen LogP contribution is 2.25. The normalized spacial score (nSPS) is 9.00. The first kappa shape index (κ1) is 10.4. The fraction of sp³-hybridized carbons (Fsp3) is 0. The lowest BCUT2D eigenvalue weighted by atomic mass is 10.2. The highest BCUT2D eigenvalue weighted by molar-refractivity contribution is 5.89. The van der Waals surface area contributed by atoms with E-state index in [9.17, 15) is 14.9 Å². The Labute approximate surface area is 82.9 Å². The van der Waals surface area contributed by atoms with Crippen LogP contribution in [0, 0.1) is 15.5 Å². The summed E-state index contributed by atoms with van der Waals surface area (Å²) >= 11 is 0. The summed E-state index contributed by atoms with van der Waals surface area (Å²) in [5, 5.41) is 29.8. The van der Waals surface area contributed by atoms with Gasteiger partial charge in [0.05, 0.1) is 10.5 Å². The molecule has 2 N–H and O–H groups in total. The zero-order chi connectivity index (χ0) is 11.4. The van der Waals surface area contributed by atoms with Gasteiger partial charge in [-0.15, -0.1) is 0 Å². The average Bonchev–Trinajstić information content (AvgIpc) is 2.18. The molecule has 0 atom stereocenters. The molecule has 0 bridgehead atoms. The second-order valence-corrected chi connectivity index (χ2v) is 2.51. The van der Waals surface area contributed by atoms with Crippen LogP contribution in [0.2, 0.25) is 0 Å². The molecule has 8 nitrogen and oxygen atoms in total. The van der Waals surface area contributed by atoms with Gasteiger partial charge in [-0.1, -0.05) is 0 Å². The summed E-state index contributed by atoms with van der Waals surface area (Å²) in [5.74, 6) is -1.27. The van der Waals surface area contributed by atoms with E-state index in [1.807, 2.05) is 5.43 Å². The predicted molar refractivity (Wildman–Crippen MR) is 48.8 cm³/mol. The molecule has 0 unspecified atom stereocenters. The number of nitro groups is 1. The number of nitrogens with one attached hydrogen (secondary N) is 1. The molecule has 76 valence electrons. The summed E-state index contributed by atoms with van der Waals surface area (Å²) < 4.78 is 0. The first-order valence-electron chi connectivity index (χ1n) is 3.68. The molecule has 0 aliphatic heterocycles. The van der Waals surface area contributed by atoms with E-state index in [2.05, 4.69) is 5.08 Å². The summed E-state index contributed by atoms with van der Waals surface area (Å²) in [6.45, 7) is 0. The maximum absolute atomic E-state index is 10.5. The van der Waals surface area contributed by atoms with Crippen LogP contribution in [-0.4, -0.2) is 16.0 Å². The van der Waals surface area contributed by atoms with Gasteiger partial charge in [-0.25, -0.2) is 4.79 Å². The van der Waals surface area contributed by atoms with E-state index in [1.54, 1.807) is 0 Å². The Morgan fingerprint density at radius 3 is 2.73 bits per heavy atom. The molecule has 0 fully saturated rings. The molecule has 0 radical (unpaired) electrons. The van der Waals surface area contributed by atoms with Gasteiger partial charge in [-0.2, -0.15) is 0 Å².